The Morgan fingerprint density at radius 2 is 1.30 bits per heavy atom. The van der Waals surface area contributed by atoms with E-state index in [1.165, 1.54) is 25.2 Å². The minimum absolute atomic E-state index is 0.0749. The zero-order chi connectivity index (χ0) is 43.8. The lowest BCUT2D eigenvalue weighted by Crippen LogP contribution is -2.69. The van der Waals surface area contributed by atoms with Gasteiger partial charge in [-0.3, -0.25) is 14.4 Å². The van der Waals surface area contributed by atoms with Gasteiger partial charge in [-0.25, -0.2) is 9.78 Å². The summed E-state index contributed by atoms with van der Waals surface area (Å²) in [6.45, 7) is 2.62. The molecule has 13 heteroatoms. The van der Waals surface area contributed by atoms with Gasteiger partial charge >= 0.3 is 11.9 Å². The van der Waals surface area contributed by atoms with Crippen molar-refractivity contribution in [2.45, 2.75) is 42.0 Å². The maximum absolute atomic E-state index is 14.4. The van der Waals surface area contributed by atoms with E-state index in [1.54, 1.807) is 28.1 Å². The maximum atomic E-state index is 14.4. The SMILES string of the molecule is CC(=O)OC/C=C\C1=CN2C(=O)C(NC(=O)/C(=N\OC(C)=O)c3csc(NC(c4ccccc4)(c4ccccc4)c4ccccc4)n3)[C@H]2SC1C(c1ccccc1)c1ccccc1. The molecule has 2 aliphatic rings. The Balaban J connectivity index is 1.11. The molecule has 6 aromatic rings. The zero-order valence-corrected chi connectivity index (χ0v) is 36.0. The summed E-state index contributed by atoms with van der Waals surface area (Å²) in [6, 6.07) is 49.4. The number of fused-ring (bicyclic) bond motifs is 1. The Labute approximate surface area is 373 Å². The van der Waals surface area contributed by atoms with E-state index in [0.29, 0.717) is 5.13 Å². The molecule has 63 heavy (non-hydrogen) atoms. The van der Waals surface area contributed by atoms with Gasteiger partial charge in [0.15, 0.2) is 10.8 Å². The number of anilines is 1. The van der Waals surface area contributed by atoms with E-state index >= 15 is 0 Å². The number of carbonyl (C=O) groups is 4. The number of amides is 2. The molecule has 0 spiro atoms. The third-order valence-electron chi connectivity index (χ3n) is 10.7. The van der Waals surface area contributed by atoms with E-state index in [9.17, 15) is 19.2 Å². The molecule has 0 aliphatic carbocycles. The Morgan fingerprint density at radius 1 is 0.778 bits per heavy atom. The van der Waals surface area contributed by atoms with Gasteiger partial charge in [0.25, 0.3) is 11.8 Å². The predicted octanol–water partition coefficient (Wildman–Crippen LogP) is 8.42. The summed E-state index contributed by atoms with van der Waals surface area (Å²) in [5, 5.41) is 12.0. The Bertz CT molecular complexity index is 2520. The number of β-lactam (4-membered cyclic amide) rings is 1. The Morgan fingerprint density at radius 3 is 1.81 bits per heavy atom. The number of nitrogens with zero attached hydrogens (tertiary/aromatic N) is 3. The number of oxime groups is 1. The number of allylic oxidation sites excluding steroid dienone is 1. The second kappa shape index (κ2) is 19.3. The summed E-state index contributed by atoms with van der Waals surface area (Å²) in [5.41, 5.74) is 4.84. The number of thioether (sulfide) groups is 1. The van der Waals surface area contributed by atoms with Gasteiger partial charge < -0.3 is 25.1 Å². The van der Waals surface area contributed by atoms with Gasteiger partial charge in [-0.05, 0) is 39.5 Å². The van der Waals surface area contributed by atoms with Crippen molar-refractivity contribution in [3.8, 4) is 0 Å². The van der Waals surface area contributed by atoms with Crippen LogP contribution in [0, 0.1) is 0 Å². The van der Waals surface area contributed by atoms with Gasteiger partial charge in [0, 0.05) is 36.6 Å². The van der Waals surface area contributed by atoms with Gasteiger partial charge in [-0.2, -0.15) is 0 Å². The molecule has 2 N–H and O–H groups in total. The first kappa shape index (κ1) is 42.6. The number of esters is 1. The van der Waals surface area contributed by atoms with Crippen molar-refractivity contribution >= 4 is 57.7 Å². The van der Waals surface area contributed by atoms with Crippen LogP contribution in [0.4, 0.5) is 5.13 Å². The normalized spacial score (nSPS) is 17.3. The molecule has 0 bridgehead atoms. The molecule has 2 aliphatic heterocycles. The molecule has 3 atom stereocenters. The second-order valence-electron chi connectivity index (χ2n) is 14.8. The minimum atomic E-state index is -0.944. The first-order valence-electron chi connectivity index (χ1n) is 20.3. The molecule has 2 unspecified atom stereocenters. The average Bonchev–Trinajstić information content (AvgIpc) is 3.78. The summed E-state index contributed by atoms with van der Waals surface area (Å²) in [4.78, 5) is 63.4. The average molecular weight is 874 g/mol. The van der Waals surface area contributed by atoms with Crippen LogP contribution in [0.5, 0.6) is 0 Å². The molecule has 1 fully saturated rings. The predicted molar refractivity (Wildman–Crippen MR) is 246 cm³/mol. The largest absolute Gasteiger partial charge is 0.462 e. The maximum Gasteiger partial charge on any atom is 0.332 e. The molecular formula is C50H43N5O6S2. The number of carbonyl (C=O) groups excluding carboxylic acids is 4. The third kappa shape index (κ3) is 9.25. The van der Waals surface area contributed by atoms with Crippen molar-refractivity contribution in [1.29, 1.82) is 0 Å². The van der Waals surface area contributed by atoms with Crippen molar-refractivity contribution in [2.75, 3.05) is 11.9 Å². The molecule has 11 nitrogen and oxygen atoms in total. The Hall–Kier alpha value is -7.09. The van der Waals surface area contributed by atoms with Crippen LogP contribution >= 0.6 is 23.1 Å². The lowest BCUT2D eigenvalue weighted by molar-refractivity contribution is -0.144. The van der Waals surface area contributed by atoms with E-state index in [1.807, 2.05) is 103 Å². The number of thiazole rings is 1. The van der Waals surface area contributed by atoms with Crippen molar-refractivity contribution in [1.82, 2.24) is 15.2 Å². The van der Waals surface area contributed by atoms with E-state index in [0.717, 1.165) is 33.4 Å². The fourth-order valence-corrected chi connectivity index (χ4v) is 10.3. The van der Waals surface area contributed by atoms with Gasteiger partial charge in [-0.15, -0.1) is 23.1 Å². The van der Waals surface area contributed by atoms with Gasteiger partial charge in [0.2, 0.25) is 0 Å². The van der Waals surface area contributed by atoms with Crippen LogP contribution < -0.4 is 10.6 Å². The lowest BCUT2D eigenvalue weighted by atomic mass is 9.77. The summed E-state index contributed by atoms with van der Waals surface area (Å²) >= 11 is 2.81. The van der Waals surface area contributed by atoms with Crippen molar-refractivity contribution in [3.05, 3.63) is 214 Å². The highest BCUT2D eigenvalue weighted by atomic mass is 32.2. The lowest BCUT2D eigenvalue weighted by Gasteiger charge is -2.50. The van der Waals surface area contributed by atoms with Crippen LogP contribution in [-0.4, -0.2) is 62.6 Å². The van der Waals surface area contributed by atoms with E-state index < -0.39 is 34.8 Å². The number of aromatic nitrogens is 1. The molecule has 5 aromatic carbocycles. The minimum Gasteiger partial charge on any atom is -0.462 e. The summed E-state index contributed by atoms with van der Waals surface area (Å²) in [5.74, 6) is -2.33. The monoisotopic (exact) mass is 873 g/mol. The molecule has 3 heterocycles. The molecule has 316 valence electrons. The summed E-state index contributed by atoms with van der Waals surface area (Å²) in [7, 11) is 0. The molecule has 1 saturated heterocycles. The molecule has 1 aromatic heterocycles. The smallest absolute Gasteiger partial charge is 0.332 e. The highest BCUT2D eigenvalue weighted by Crippen LogP contribution is 2.48. The fraction of sp³-hybridized carbons (Fsp3) is 0.160. The summed E-state index contributed by atoms with van der Waals surface area (Å²) < 4.78 is 5.18. The number of ether oxygens (including phenoxy) is 1. The van der Waals surface area contributed by atoms with Crippen molar-refractivity contribution in [3.63, 3.8) is 0 Å². The number of benzene rings is 5. The first-order valence-corrected chi connectivity index (χ1v) is 22.1. The quantitative estimate of drug-likeness (QED) is 0.0260. The van der Waals surface area contributed by atoms with Gasteiger partial charge in [0.1, 0.15) is 29.3 Å². The van der Waals surface area contributed by atoms with Crippen molar-refractivity contribution < 1.29 is 28.8 Å². The highest BCUT2D eigenvalue weighted by molar-refractivity contribution is 8.01. The highest BCUT2D eigenvalue weighted by Gasteiger charge is 2.53. The fourth-order valence-electron chi connectivity index (χ4n) is 7.89. The zero-order valence-electron chi connectivity index (χ0n) is 34.4. The number of hydrogen-bond acceptors (Lipinski definition) is 11. The third-order valence-corrected chi connectivity index (χ3v) is 13.1. The van der Waals surface area contributed by atoms with E-state index in [4.69, 9.17) is 14.6 Å². The van der Waals surface area contributed by atoms with Crippen LogP contribution in [-0.2, 0) is 34.3 Å². The van der Waals surface area contributed by atoms with Crippen LogP contribution in [0.25, 0.3) is 0 Å². The second-order valence-corrected chi connectivity index (χ2v) is 16.9. The van der Waals surface area contributed by atoms with Crippen molar-refractivity contribution in [2.24, 2.45) is 5.16 Å². The number of nitrogens with one attached hydrogen (secondary N) is 2. The van der Waals surface area contributed by atoms with Gasteiger partial charge in [-0.1, -0.05) is 163 Å². The van der Waals surface area contributed by atoms with Crippen LogP contribution in [0.3, 0.4) is 0 Å². The molecule has 0 saturated carbocycles. The number of rotatable bonds is 15. The topological polar surface area (TPSA) is 139 Å². The Kier molecular flexibility index (Phi) is 13.1. The number of hydrogen-bond donors (Lipinski definition) is 2. The van der Waals surface area contributed by atoms with E-state index in [-0.39, 0.29) is 35.1 Å². The molecule has 8 rings (SSSR count). The first-order chi connectivity index (χ1) is 30.7. The van der Waals surface area contributed by atoms with Crippen LogP contribution in [0.1, 0.15) is 53.3 Å². The van der Waals surface area contributed by atoms with Crippen LogP contribution in [0.2, 0.25) is 0 Å². The van der Waals surface area contributed by atoms with E-state index in [2.05, 4.69) is 76.5 Å². The molecular weight excluding hydrogens is 831 g/mol. The molecule has 2 amide bonds. The van der Waals surface area contributed by atoms with Crippen LogP contribution in [0.15, 0.2) is 186 Å². The van der Waals surface area contributed by atoms with Gasteiger partial charge in [0.05, 0.1) is 0 Å². The standard InChI is InChI=1S/C50H43N5O6S2/c1-33(56)60-30-18-23-37-31-55-47(59)44(48(55)63-45(37)42(35-19-8-3-9-20-35)36-21-10-4-11-22-36)52-46(58)43(54-61-34(2)57)41-32-62-49(51-41)53-50(38-24-12-5-13-25-38,39-26-14-6-15-27-39)40-28-16-7-17-29-40/h3-29,31-32,42,44-45,48H,30H2,1-2H3,(H,51,53)(H,52,58)/b23-18-,54-43-/t44?,45?,48-/m1/s1. The molecule has 0 radical (unpaired) electrons. The summed E-state index contributed by atoms with van der Waals surface area (Å²) in [6.07, 6.45) is 5.45.